The SMILES string of the molecule is CN1CCOc2ccccc2CCCCC2(CCCN(C(=O)COc3cccc(F)c3)C2)C1=O. The molecular formula is C27H33FN2O4. The molecule has 2 aliphatic rings. The van der Waals surface area contributed by atoms with Gasteiger partial charge in [0.05, 0.1) is 12.0 Å². The van der Waals surface area contributed by atoms with Crippen LogP contribution in [0.25, 0.3) is 0 Å². The predicted octanol–water partition coefficient (Wildman–Crippen LogP) is 4.08. The number of hydrogen-bond acceptors (Lipinski definition) is 4. The molecule has 1 spiro atoms. The molecule has 6 nitrogen and oxygen atoms in total. The molecule has 1 unspecified atom stereocenters. The second-order valence-corrected chi connectivity index (χ2v) is 9.34. The second kappa shape index (κ2) is 10.9. The Hall–Kier alpha value is -3.09. The van der Waals surface area contributed by atoms with Gasteiger partial charge in [-0.3, -0.25) is 9.59 Å². The van der Waals surface area contributed by atoms with E-state index in [1.807, 2.05) is 25.2 Å². The third-order valence-corrected chi connectivity index (χ3v) is 6.90. The van der Waals surface area contributed by atoms with E-state index in [9.17, 15) is 14.0 Å². The maximum Gasteiger partial charge on any atom is 0.260 e. The van der Waals surface area contributed by atoms with Crippen molar-refractivity contribution in [1.82, 2.24) is 9.80 Å². The van der Waals surface area contributed by atoms with E-state index in [0.717, 1.165) is 44.3 Å². The number of aryl methyl sites for hydroxylation is 1. The zero-order valence-electron chi connectivity index (χ0n) is 19.8. The van der Waals surface area contributed by atoms with Crippen LogP contribution in [0, 0.1) is 11.2 Å². The fourth-order valence-corrected chi connectivity index (χ4v) is 5.05. The summed E-state index contributed by atoms with van der Waals surface area (Å²) in [5, 5.41) is 0. The molecular weight excluding hydrogens is 435 g/mol. The molecule has 2 heterocycles. The van der Waals surface area contributed by atoms with Crippen LogP contribution in [0.5, 0.6) is 11.5 Å². The van der Waals surface area contributed by atoms with Gasteiger partial charge >= 0.3 is 0 Å². The Labute approximate surface area is 200 Å². The highest BCUT2D eigenvalue weighted by Gasteiger charge is 2.44. The minimum atomic E-state index is -0.597. The van der Waals surface area contributed by atoms with E-state index in [1.165, 1.54) is 17.7 Å². The predicted molar refractivity (Wildman–Crippen MR) is 127 cm³/mol. The van der Waals surface area contributed by atoms with Crippen molar-refractivity contribution in [3.63, 3.8) is 0 Å². The first-order valence-electron chi connectivity index (χ1n) is 12.1. The van der Waals surface area contributed by atoms with Crippen LogP contribution in [0.4, 0.5) is 4.39 Å². The molecule has 0 N–H and O–H groups in total. The molecule has 0 aromatic heterocycles. The monoisotopic (exact) mass is 468 g/mol. The van der Waals surface area contributed by atoms with E-state index in [0.29, 0.717) is 32.0 Å². The van der Waals surface area contributed by atoms with Gasteiger partial charge in [0, 0.05) is 26.2 Å². The maximum atomic E-state index is 13.6. The number of para-hydroxylation sites is 1. The van der Waals surface area contributed by atoms with E-state index >= 15 is 0 Å². The van der Waals surface area contributed by atoms with Crippen molar-refractivity contribution in [2.24, 2.45) is 5.41 Å². The summed E-state index contributed by atoms with van der Waals surface area (Å²) >= 11 is 0. The number of fused-ring (bicyclic) bond motifs is 1. The van der Waals surface area contributed by atoms with Gasteiger partial charge in [-0.1, -0.05) is 30.7 Å². The number of rotatable bonds is 3. The molecule has 0 saturated carbocycles. The van der Waals surface area contributed by atoms with Crippen LogP contribution in [0.2, 0.25) is 0 Å². The Morgan fingerprint density at radius 1 is 1.09 bits per heavy atom. The summed E-state index contributed by atoms with van der Waals surface area (Å²) in [5.41, 5.74) is 0.598. The summed E-state index contributed by atoms with van der Waals surface area (Å²) in [6, 6.07) is 13.9. The van der Waals surface area contributed by atoms with Crippen LogP contribution in [0.1, 0.15) is 37.7 Å². The lowest BCUT2D eigenvalue weighted by molar-refractivity contribution is -0.149. The molecule has 4 rings (SSSR count). The number of hydrogen-bond donors (Lipinski definition) is 0. The van der Waals surface area contributed by atoms with Gasteiger partial charge in [0.25, 0.3) is 5.91 Å². The normalized spacial score (nSPS) is 21.8. The van der Waals surface area contributed by atoms with Gasteiger partial charge in [0.2, 0.25) is 5.91 Å². The minimum absolute atomic E-state index is 0.0773. The fraction of sp³-hybridized carbons (Fsp3) is 0.481. The maximum absolute atomic E-state index is 13.6. The highest BCUT2D eigenvalue weighted by molar-refractivity contribution is 5.85. The average molecular weight is 469 g/mol. The molecule has 182 valence electrons. The van der Waals surface area contributed by atoms with Crippen LogP contribution < -0.4 is 9.47 Å². The number of halogens is 1. The molecule has 2 aromatic rings. The molecule has 0 aliphatic carbocycles. The van der Waals surface area contributed by atoms with Gasteiger partial charge < -0.3 is 19.3 Å². The van der Waals surface area contributed by atoms with Gasteiger partial charge in [-0.2, -0.15) is 0 Å². The molecule has 0 radical (unpaired) electrons. The third kappa shape index (κ3) is 5.69. The lowest BCUT2D eigenvalue weighted by Crippen LogP contribution is -2.55. The van der Waals surface area contributed by atoms with E-state index in [4.69, 9.17) is 9.47 Å². The van der Waals surface area contributed by atoms with Crippen LogP contribution in [-0.4, -0.2) is 61.5 Å². The van der Waals surface area contributed by atoms with Gasteiger partial charge in [0.15, 0.2) is 6.61 Å². The molecule has 0 bridgehead atoms. The van der Waals surface area contributed by atoms with Crippen LogP contribution >= 0.6 is 0 Å². The van der Waals surface area contributed by atoms with Crippen molar-refractivity contribution in [3.8, 4) is 11.5 Å². The molecule has 1 atom stereocenters. The summed E-state index contributed by atoms with van der Waals surface area (Å²) in [6.45, 7) is 1.73. The van der Waals surface area contributed by atoms with Crippen molar-refractivity contribution in [2.45, 2.75) is 38.5 Å². The molecule has 2 aliphatic heterocycles. The fourth-order valence-electron chi connectivity index (χ4n) is 5.05. The van der Waals surface area contributed by atoms with Gasteiger partial charge in [-0.25, -0.2) is 4.39 Å². The minimum Gasteiger partial charge on any atom is -0.491 e. The lowest BCUT2D eigenvalue weighted by Gasteiger charge is -2.43. The van der Waals surface area contributed by atoms with Crippen LogP contribution in [0.3, 0.4) is 0 Å². The standard InChI is InChI=1S/C27H33FN2O4/c1-29-16-17-33-24-12-3-2-8-21(24)9-4-5-13-27(26(29)32)14-7-15-30(20-27)25(31)19-34-23-11-6-10-22(28)18-23/h2-3,6,8,10-12,18H,4-5,7,9,13-17,19-20H2,1H3. The Kier molecular flexibility index (Phi) is 7.70. The van der Waals surface area contributed by atoms with E-state index in [2.05, 4.69) is 6.07 Å². The zero-order valence-corrected chi connectivity index (χ0v) is 19.8. The number of nitrogens with zero attached hydrogens (tertiary/aromatic N) is 2. The second-order valence-electron chi connectivity index (χ2n) is 9.34. The van der Waals surface area contributed by atoms with Crippen molar-refractivity contribution in [3.05, 3.63) is 59.9 Å². The van der Waals surface area contributed by atoms with Crippen molar-refractivity contribution in [1.29, 1.82) is 0 Å². The Morgan fingerprint density at radius 3 is 2.76 bits per heavy atom. The number of amides is 2. The van der Waals surface area contributed by atoms with Gasteiger partial charge in [-0.05, 0) is 55.9 Å². The summed E-state index contributed by atoms with van der Waals surface area (Å²) < 4.78 is 24.9. The molecule has 34 heavy (non-hydrogen) atoms. The van der Waals surface area contributed by atoms with Crippen molar-refractivity contribution < 1.29 is 23.5 Å². The average Bonchev–Trinajstić information content (AvgIpc) is 2.85. The number of ether oxygens (including phenoxy) is 2. The quantitative estimate of drug-likeness (QED) is 0.681. The van der Waals surface area contributed by atoms with Crippen LogP contribution in [-0.2, 0) is 16.0 Å². The number of likely N-dealkylation sites (tertiary alicyclic amines) is 1. The first-order chi connectivity index (χ1) is 16.5. The number of benzene rings is 2. The van der Waals surface area contributed by atoms with Gasteiger partial charge in [0.1, 0.15) is 23.9 Å². The number of piperidine rings is 1. The first kappa shape index (κ1) is 24.0. The van der Waals surface area contributed by atoms with Crippen molar-refractivity contribution in [2.75, 3.05) is 39.9 Å². The zero-order chi connectivity index (χ0) is 24.0. The van der Waals surface area contributed by atoms with Crippen LogP contribution in [0.15, 0.2) is 48.5 Å². The third-order valence-electron chi connectivity index (χ3n) is 6.90. The Bertz CT molecular complexity index is 1010. The van der Waals surface area contributed by atoms with E-state index < -0.39 is 11.2 Å². The summed E-state index contributed by atoms with van der Waals surface area (Å²) in [7, 11) is 1.82. The number of carbonyl (C=O) groups is 2. The Balaban J connectivity index is 1.44. The molecule has 2 amide bonds. The van der Waals surface area contributed by atoms with E-state index in [-0.39, 0.29) is 18.4 Å². The summed E-state index contributed by atoms with van der Waals surface area (Å²) in [4.78, 5) is 30.1. The molecule has 2 aromatic carbocycles. The summed E-state index contributed by atoms with van der Waals surface area (Å²) in [6.07, 6.45) is 5.03. The summed E-state index contributed by atoms with van der Waals surface area (Å²) in [5.74, 6) is 0.708. The number of carbonyl (C=O) groups excluding carboxylic acids is 2. The first-order valence-corrected chi connectivity index (χ1v) is 12.1. The Morgan fingerprint density at radius 2 is 1.91 bits per heavy atom. The molecule has 7 heteroatoms. The highest BCUT2D eigenvalue weighted by Crippen LogP contribution is 2.38. The smallest absolute Gasteiger partial charge is 0.260 e. The topological polar surface area (TPSA) is 59.1 Å². The van der Waals surface area contributed by atoms with E-state index in [1.54, 1.807) is 21.9 Å². The molecule has 1 saturated heterocycles. The highest BCUT2D eigenvalue weighted by atomic mass is 19.1. The molecule has 1 fully saturated rings. The largest absolute Gasteiger partial charge is 0.491 e. The van der Waals surface area contributed by atoms with Crippen molar-refractivity contribution >= 4 is 11.8 Å². The van der Waals surface area contributed by atoms with Gasteiger partial charge in [-0.15, -0.1) is 0 Å². The lowest BCUT2D eigenvalue weighted by atomic mass is 9.74. The number of likely N-dealkylation sites (N-methyl/N-ethyl adjacent to an activating group) is 1.